The Kier molecular flexibility index (Phi) is 7.32. The van der Waals surface area contributed by atoms with Crippen molar-refractivity contribution in [1.29, 1.82) is 0 Å². The van der Waals surface area contributed by atoms with Crippen LogP contribution < -0.4 is 25.0 Å². The molecule has 0 aromatic heterocycles. The molecule has 29 heavy (non-hydrogen) atoms. The second-order valence-corrected chi connectivity index (χ2v) is 7.21. The summed E-state index contributed by atoms with van der Waals surface area (Å²) in [5, 5.41) is 6.35. The molecule has 0 saturated carbocycles. The van der Waals surface area contributed by atoms with E-state index in [2.05, 4.69) is 10.6 Å². The molecule has 2 amide bonds. The second kappa shape index (κ2) is 10.1. The molecule has 2 aromatic carbocycles. The summed E-state index contributed by atoms with van der Waals surface area (Å²) < 4.78 is 11.0. The number of anilines is 1. The fourth-order valence-corrected chi connectivity index (χ4v) is 3.22. The Balaban J connectivity index is 1.47. The van der Waals surface area contributed by atoms with Crippen LogP contribution in [0.5, 0.6) is 11.5 Å². The highest BCUT2D eigenvalue weighted by molar-refractivity contribution is 6.30. The van der Waals surface area contributed by atoms with Gasteiger partial charge in [-0.2, -0.15) is 0 Å². The number of fused-ring (bicyclic) bond motifs is 1. The lowest BCUT2D eigenvalue weighted by Crippen LogP contribution is -3.13. The molecule has 0 spiro atoms. The molecule has 1 aliphatic rings. The highest BCUT2D eigenvalue weighted by atomic mass is 35.5. The SMILES string of the molecule is CC[NH+](CC(=O)NCc1cccc(Cl)c1)CC(=O)Nc1ccc2c(c1)OCCO2. The van der Waals surface area contributed by atoms with Crippen molar-refractivity contribution in [1.82, 2.24) is 5.32 Å². The Morgan fingerprint density at radius 3 is 2.55 bits per heavy atom. The highest BCUT2D eigenvalue weighted by Crippen LogP contribution is 2.32. The number of likely N-dealkylation sites (N-methyl/N-ethyl adjacent to an activating group) is 1. The summed E-state index contributed by atoms with van der Waals surface area (Å²) >= 11 is 5.95. The van der Waals surface area contributed by atoms with Crippen molar-refractivity contribution in [2.24, 2.45) is 0 Å². The molecule has 154 valence electrons. The monoisotopic (exact) mass is 418 g/mol. The van der Waals surface area contributed by atoms with Crippen molar-refractivity contribution in [3.8, 4) is 11.5 Å². The minimum absolute atomic E-state index is 0.117. The molecule has 8 heteroatoms. The Hall–Kier alpha value is -2.77. The quantitative estimate of drug-likeness (QED) is 0.603. The average molecular weight is 419 g/mol. The summed E-state index contributed by atoms with van der Waals surface area (Å²) in [5.41, 5.74) is 1.57. The molecule has 0 radical (unpaired) electrons. The van der Waals surface area contributed by atoms with Crippen LogP contribution in [0.3, 0.4) is 0 Å². The number of nitrogens with one attached hydrogen (secondary N) is 3. The first-order valence-corrected chi connectivity index (χ1v) is 9.95. The number of benzene rings is 2. The van der Waals surface area contributed by atoms with E-state index >= 15 is 0 Å². The van der Waals surface area contributed by atoms with Crippen molar-refractivity contribution in [3.63, 3.8) is 0 Å². The third-order valence-corrected chi connectivity index (χ3v) is 4.76. The van der Waals surface area contributed by atoms with E-state index in [1.54, 1.807) is 24.3 Å². The van der Waals surface area contributed by atoms with Crippen molar-refractivity contribution in [2.45, 2.75) is 13.5 Å². The van der Waals surface area contributed by atoms with Crippen molar-refractivity contribution >= 4 is 29.1 Å². The Morgan fingerprint density at radius 2 is 1.79 bits per heavy atom. The van der Waals surface area contributed by atoms with E-state index in [4.69, 9.17) is 21.1 Å². The molecule has 1 aliphatic heterocycles. The van der Waals surface area contributed by atoms with Gasteiger partial charge in [-0.1, -0.05) is 23.7 Å². The third kappa shape index (κ3) is 6.37. The van der Waals surface area contributed by atoms with Crippen LogP contribution in [0.25, 0.3) is 0 Å². The fraction of sp³-hybridized carbons (Fsp3) is 0.333. The lowest BCUT2D eigenvalue weighted by Gasteiger charge is -2.20. The van der Waals surface area contributed by atoms with Gasteiger partial charge in [0, 0.05) is 23.3 Å². The molecule has 1 heterocycles. The van der Waals surface area contributed by atoms with E-state index in [0.717, 1.165) is 10.5 Å². The number of hydrogen-bond acceptors (Lipinski definition) is 4. The maximum atomic E-state index is 12.4. The minimum atomic E-state index is -0.166. The summed E-state index contributed by atoms with van der Waals surface area (Å²) in [6, 6.07) is 12.6. The van der Waals surface area contributed by atoms with E-state index in [1.807, 2.05) is 25.1 Å². The highest BCUT2D eigenvalue weighted by Gasteiger charge is 2.18. The molecule has 3 rings (SSSR count). The molecule has 3 N–H and O–H groups in total. The smallest absolute Gasteiger partial charge is 0.279 e. The topological polar surface area (TPSA) is 81.1 Å². The van der Waals surface area contributed by atoms with E-state index in [9.17, 15) is 9.59 Å². The number of amides is 2. The molecular weight excluding hydrogens is 394 g/mol. The molecular formula is C21H25ClN3O4+. The fourth-order valence-electron chi connectivity index (χ4n) is 3.00. The van der Waals surface area contributed by atoms with Crippen LogP contribution >= 0.6 is 11.6 Å². The number of ether oxygens (including phenoxy) is 2. The summed E-state index contributed by atoms with van der Waals surface area (Å²) in [6.45, 7) is 4.41. The Bertz CT molecular complexity index is 875. The Labute approximate surface area is 174 Å². The van der Waals surface area contributed by atoms with E-state index in [-0.39, 0.29) is 24.9 Å². The van der Waals surface area contributed by atoms with Gasteiger partial charge in [0.1, 0.15) is 13.2 Å². The van der Waals surface area contributed by atoms with Crippen molar-refractivity contribution in [3.05, 3.63) is 53.1 Å². The lowest BCUT2D eigenvalue weighted by atomic mass is 10.2. The molecule has 0 saturated heterocycles. The van der Waals surface area contributed by atoms with Gasteiger partial charge in [-0.3, -0.25) is 9.59 Å². The van der Waals surface area contributed by atoms with E-state index in [0.29, 0.717) is 48.5 Å². The molecule has 0 fully saturated rings. The van der Waals surface area contributed by atoms with Crippen LogP contribution in [-0.2, 0) is 16.1 Å². The predicted molar refractivity (Wildman–Crippen MR) is 111 cm³/mol. The van der Waals surface area contributed by atoms with Gasteiger partial charge < -0.3 is 25.0 Å². The summed E-state index contributed by atoms with van der Waals surface area (Å²) in [6.07, 6.45) is 0. The number of carbonyl (C=O) groups excluding carboxylic acids is 2. The zero-order valence-corrected chi connectivity index (χ0v) is 17.1. The number of carbonyl (C=O) groups is 2. The van der Waals surface area contributed by atoms with Crippen LogP contribution in [-0.4, -0.2) is 44.7 Å². The summed E-state index contributed by atoms with van der Waals surface area (Å²) in [4.78, 5) is 25.5. The first-order valence-electron chi connectivity index (χ1n) is 9.57. The van der Waals surface area contributed by atoms with Gasteiger partial charge >= 0.3 is 0 Å². The number of rotatable bonds is 8. The molecule has 0 bridgehead atoms. The maximum Gasteiger partial charge on any atom is 0.279 e. The molecule has 1 unspecified atom stereocenters. The van der Waals surface area contributed by atoms with Crippen LogP contribution in [0.1, 0.15) is 12.5 Å². The lowest BCUT2D eigenvalue weighted by molar-refractivity contribution is -0.881. The van der Waals surface area contributed by atoms with Gasteiger partial charge in [0.15, 0.2) is 24.6 Å². The van der Waals surface area contributed by atoms with Gasteiger partial charge in [-0.05, 0) is 36.8 Å². The molecule has 1 atom stereocenters. The van der Waals surface area contributed by atoms with Gasteiger partial charge in [-0.25, -0.2) is 0 Å². The summed E-state index contributed by atoms with van der Waals surface area (Å²) in [7, 11) is 0. The predicted octanol–water partition coefficient (Wildman–Crippen LogP) is 1.27. The number of quaternary nitrogens is 1. The van der Waals surface area contributed by atoms with E-state index in [1.165, 1.54) is 0 Å². The largest absolute Gasteiger partial charge is 0.486 e. The molecule has 2 aromatic rings. The zero-order chi connectivity index (χ0) is 20.6. The zero-order valence-electron chi connectivity index (χ0n) is 16.3. The number of hydrogen-bond donors (Lipinski definition) is 3. The normalized spacial score (nSPS) is 13.4. The van der Waals surface area contributed by atoms with Crippen molar-refractivity contribution < 1.29 is 24.0 Å². The van der Waals surface area contributed by atoms with Crippen LogP contribution in [0.4, 0.5) is 5.69 Å². The van der Waals surface area contributed by atoms with Crippen LogP contribution in [0.2, 0.25) is 5.02 Å². The maximum absolute atomic E-state index is 12.4. The van der Waals surface area contributed by atoms with E-state index < -0.39 is 0 Å². The first kappa shape index (κ1) is 21.0. The third-order valence-electron chi connectivity index (χ3n) is 4.53. The summed E-state index contributed by atoms with van der Waals surface area (Å²) in [5.74, 6) is 1.01. The van der Waals surface area contributed by atoms with Crippen molar-refractivity contribution in [2.75, 3.05) is 38.2 Å². The van der Waals surface area contributed by atoms with Gasteiger partial charge in [0.05, 0.1) is 6.54 Å². The van der Waals surface area contributed by atoms with Gasteiger partial charge in [-0.15, -0.1) is 0 Å². The number of halogens is 1. The van der Waals surface area contributed by atoms with Crippen LogP contribution in [0.15, 0.2) is 42.5 Å². The molecule has 7 nitrogen and oxygen atoms in total. The molecule has 0 aliphatic carbocycles. The van der Waals surface area contributed by atoms with Gasteiger partial charge in [0.2, 0.25) is 0 Å². The van der Waals surface area contributed by atoms with Crippen LogP contribution in [0, 0.1) is 0 Å². The first-order chi connectivity index (χ1) is 14.0. The minimum Gasteiger partial charge on any atom is -0.486 e. The standard InChI is InChI=1S/C21H24ClN3O4/c1-2-25(13-20(26)23-12-15-4-3-5-16(22)10-15)14-21(27)24-17-6-7-18-19(11-17)29-9-8-28-18/h3-7,10-11H,2,8-9,12-14H2,1H3,(H,23,26)(H,24,27)/p+1. The second-order valence-electron chi connectivity index (χ2n) is 6.77. The average Bonchev–Trinajstić information content (AvgIpc) is 2.71. The Morgan fingerprint density at radius 1 is 1.03 bits per heavy atom. The van der Waals surface area contributed by atoms with Gasteiger partial charge in [0.25, 0.3) is 11.8 Å².